The van der Waals surface area contributed by atoms with Gasteiger partial charge in [0.1, 0.15) is 11.6 Å². The molecule has 2 aliphatic rings. The number of anilines is 1. The first-order valence-corrected chi connectivity index (χ1v) is 8.77. The summed E-state index contributed by atoms with van der Waals surface area (Å²) in [7, 11) is 0. The van der Waals surface area contributed by atoms with Crippen molar-refractivity contribution in [3.05, 3.63) is 29.0 Å². The SMILES string of the molecule is O=C(COC(=O)C1C[C@H]2CCC[C@@H](C1)C2=O)Nc1ccc(F)c(Cl)c1. The minimum absolute atomic E-state index is 0.0415. The van der Waals surface area contributed by atoms with Crippen LogP contribution in [0, 0.1) is 23.6 Å². The molecule has 2 fully saturated rings. The van der Waals surface area contributed by atoms with Crippen molar-refractivity contribution in [1.82, 2.24) is 0 Å². The van der Waals surface area contributed by atoms with E-state index in [0.29, 0.717) is 18.5 Å². The molecule has 134 valence electrons. The Morgan fingerprint density at radius 3 is 2.56 bits per heavy atom. The predicted octanol–water partition coefficient (Wildman–Crippen LogP) is 3.36. The molecule has 3 atom stereocenters. The van der Waals surface area contributed by atoms with Crippen LogP contribution in [0.25, 0.3) is 0 Å². The number of esters is 1. The fourth-order valence-electron chi connectivity index (χ4n) is 3.70. The molecule has 0 radical (unpaired) electrons. The van der Waals surface area contributed by atoms with Gasteiger partial charge in [0.05, 0.1) is 10.9 Å². The molecule has 0 aromatic heterocycles. The lowest BCUT2D eigenvalue weighted by Gasteiger charge is -2.36. The van der Waals surface area contributed by atoms with E-state index in [9.17, 15) is 18.8 Å². The van der Waals surface area contributed by atoms with Gasteiger partial charge in [0.15, 0.2) is 6.61 Å². The summed E-state index contributed by atoms with van der Waals surface area (Å²) in [4.78, 5) is 36.1. The number of benzene rings is 1. The predicted molar refractivity (Wildman–Crippen MR) is 89.6 cm³/mol. The first kappa shape index (κ1) is 17.9. The first-order chi connectivity index (χ1) is 11.9. The number of carbonyl (C=O) groups is 3. The molecule has 7 heteroatoms. The van der Waals surface area contributed by atoms with Gasteiger partial charge in [0.2, 0.25) is 0 Å². The molecule has 2 aliphatic carbocycles. The Hall–Kier alpha value is -1.95. The fourth-order valence-corrected chi connectivity index (χ4v) is 3.88. The van der Waals surface area contributed by atoms with E-state index in [1.165, 1.54) is 12.1 Å². The lowest BCUT2D eigenvalue weighted by molar-refractivity contribution is -0.155. The Bertz CT molecular complexity index is 692. The van der Waals surface area contributed by atoms with Gasteiger partial charge in [-0.15, -0.1) is 0 Å². The third-order valence-electron chi connectivity index (χ3n) is 4.93. The number of ketones is 1. The Morgan fingerprint density at radius 2 is 1.92 bits per heavy atom. The van der Waals surface area contributed by atoms with Crippen LogP contribution in [0.1, 0.15) is 32.1 Å². The summed E-state index contributed by atoms with van der Waals surface area (Å²) in [5.74, 6) is -1.66. The molecule has 25 heavy (non-hydrogen) atoms. The number of hydrogen-bond acceptors (Lipinski definition) is 4. The molecule has 0 saturated heterocycles. The lowest BCUT2D eigenvalue weighted by Crippen LogP contribution is -2.40. The third kappa shape index (κ3) is 4.18. The molecule has 0 aliphatic heterocycles. The number of nitrogens with one attached hydrogen (secondary N) is 1. The van der Waals surface area contributed by atoms with Gasteiger partial charge in [-0.25, -0.2) is 4.39 Å². The summed E-state index contributed by atoms with van der Waals surface area (Å²) in [6.07, 6.45) is 3.74. The van der Waals surface area contributed by atoms with E-state index in [4.69, 9.17) is 16.3 Å². The molecular formula is C18H19ClFNO4. The highest BCUT2D eigenvalue weighted by atomic mass is 35.5. The Labute approximate surface area is 149 Å². The minimum atomic E-state index is -0.580. The number of hydrogen-bond donors (Lipinski definition) is 1. The lowest BCUT2D eigenvalue weighted by atomic mass is 9.67. The van der Waals surface area contributed by atoms with Crippen LogP contribution in [0.5, 0.6) is 0 Å². The summed E-state index contributed by atoms with van der Waals surface area (Å²) in [6.45, 7) is -0.423. The van der Waals surface area contributed by atoms with Crippen LogP contribution in [0.3, 0.4) is 0 Å². The van der Waals surface area contributed by atoms with Crippen molar-refractivity contribution in [3.63, 3.8) is 0 Å². The van der Waals surface area contributed by atoms with Crippen LogP contribution in [-0.2, 0) is 19.1 Å². The summed E-state index contributed by atoms with van der Waals surface area (Å²) in [6, 6.07) is 3.79. The highest BCUT2D eigenvalue weighted by Crippen LogP contribution is 2.40. The summed E-state index contributed by atoms with van der Waals surface area (Å²) >= 11 is 5.65. The first-order valence-electron chi connectivity index (χ1n) is 8.39. The second-order valence-corrected chi connectivity index (χ2v) is 7.09. The monoisotopic (exact) mass is 367 g/mol. The van der Waals surface area contributed by atoms with Crippen molar-refractivity contribution in [2.75, 3.05) is 11.9 Å². The number of amides is 1. The van der Waals surface area contributed by atoms with E-state index in [1.807, 2.05) is 0 Å². The Kier molecular flexibility index (Phi) is 5.37. The maximum absolute atomic E-state index is 13.1. The van der Waals surface area contributed by atoms with E-state index in [2.05, 4.69) is 5.32 Å². The van der Waals surface area contributed by atoms with Crippen molar-refractivity contribution in [2.24, 2.45) is 17.8 Å². The third-order valence-corrected chi connectivity index (χ3v) is 5.22. The normalized spacial score (nSPS) is 25.4. The summed E-state index contributed by atoms with van der Waals surface area (Å²) in [5, 5.41) is 2.39. The maximum atomic E-state index is 13.1. The maximum Gasteiger partial charge on any atom is 0.309 e. The molecule has 2 bridgehead atoms. The number of carbonyl (C=O) groups excluding carboxylic acids is 3. The molecular weight excluding hydrogens is 349 g/mol. The Morgan fingerprint density at radius 1 is 1.24 bits per heavy atom. The van der Waals surface area contributed by atoms with Crippen molar-refractivity contribution in [2.45, 2.75) is 32.1 Å². The Balaban J connectivity index is 1.49. The average molecular weight is 368 g/mol. The largest absolute Gasteiger partial charge is 0.455 e. The van der Waals surface area contributed by atoms with Gasteiger partial charge in [0, 0.05) is 17.5 Å². The van der Waals surface area contributed by atoms with E-state index < -0.39 is 24.3 Å². The highest BCUT2D eigenvalue weighted by Gasteiger charge is 2.41. The number of halogens is 2. The highest BCUT2D eigenvalue weighted by molar-refractivity contribution is 6.31. The minimum Gasteiger partial charge on any atom is -0.455 e. The van der Waals surface area contributed by atoms with Gasteiger partial charge in [-0.1, -0.05) is 18.0 Å². The molecule has 0 spiro atoms. The quantitative estimate of drug-likeness (QED) is 0.828. The van der Waals surface area contributed by atoms with E-state index >= 15 is 0 Å². The zero-order chi connectivity index (χ0) is 18.0. The van der Waals surface area contributed by atoms with Gasteiger partial charge in [-0.05, 0) is 43.9 Å². The average Bonchev–Trinajstić information content (AvgIpc) is 2.56. The molecule has 5 nitrogen and oxygen atoms in total. The van der Waals surface area contributed by atoms with Crippen LogP contribution < -0.4 is 5.32 Å². The smallest absolute Gasteiger partial charge is 0.309 e. The zero-order valence-corrected chi connectivity index (χ0v) is 14.4. The molecule has 1 aromatic rings. The van der Waals surface area contributed by atoms with Crippen molar-refractivity contribution < 1.29 is 23.5 Å². The number of ether oxygens (including phenoxy) is 1. The van der Waals surface area contributed by atoms with Crippen LogP contribution in [-0.4, -0.2) is 24.3 Å². The fraction of sp³-hybridized carbons (Fsp3) is 0.500. The van der Waals surface area contributed by atoms with Crippen molar-refractivity contribution in [1.29, 1.82) is 0 Å². The number of Topliss-reactive ketones (excluding diaryl/α,β-unsaturated/α-hetero) is 1. The number of rotatable bonds is 4. The molecule has 3 rings (SSSR count). The van der Waals surface area contributed by atoms with Crippen LogP contribution >= 0.6 is 11.6 Å². The van der Waals surface area contributed by atoms with Crippen LogP contribution in [0.4, 0.5) is 10.1 Å². The molecule has 0 heterocycles. The van der Waals surface area contributed by atoms with E-state index in [-0.39, 0.29) is 28.6 Å². The molecule has 1 aromatic carbocycles. The number of fused-ring (bicyclic) bond motifs is 2. The summed E-state index contributed by atoms with van der Waals surface area (Å²) < 4.78 is 18.2. The van der Waals surface area contributed by atoms with Gasteiger partial charge < -0.3 is 10.1 Å². The van der Waals surface area contributed by atoms with Gasteiger partial charge >= 0.3 is 5.97 Å². The zero-order valence-electron chi connectivity index (χ0n) is 13.6. The van der Waals surface area contributed by atoms with Gasteiger partial charge in [-0.2, -0.15) is 0 Å². The van der Waals surface area contributed by atoms with Crippen LogP contribution in [0.15, 0.2) is 18.2 Å². The van der Waals surface area contributed by atoms with Crippen molar-refractivity contribution >= 4 is 34.9 Å². The molecule has 2 saturated carbocycles. The topological polar surface area (TPSA) is 72.5 Å². The van der Waals surface area contributed by atoms with Gasteiger partial charge in [-0.3, -0.25) is 14.4 Å². The molecule has 1 N–H and O–H groups in total. The molecule has 1 unspecified atom stereocenters. The second kappa shape index (κ2) is 7.52. The van der Waals surface area contributed by atoms with Crippen LogP contribution in [0.2, 0.25) is 5.02 Å². The summed E-state index contributed by atoms with van der Waals surface area (Å²) in [5.41, 5.74) is 0.324. The van der Waals surface area contributed by atoms with Crippen molar-refractivity contribution in [3.8, 4) is 0 Å². The molecule has 1 amide bonds. The standard InChI is InChI=1S/C18H19ClFNO4/c19-14-8-13(4-5-15(14)20)21-16(22)9-25-18(24)12-6-10-2-1-3-11(7-12)17(10)23/h4-5,8,10-12H,1-3,6-7,9H2,(H,21,22)/t10-,11+,12?. The van der Waals surface area contributed by atoms with Gasteiger partial charge in [0.25, 0.3) is 5.91 Å². The second-order valence-electron chi connectivity index (χ2n) is 6.68. The van der Waals surface area contributed by atoms with E-state index in [0.717, 1.165) is 25.3 Å². The van der Waals surface area contributed by atoms with E-state index in [1.54, 1.807) is 0 Å².